The van der Waals surface area contributed by atoms with Crippen LogP contribution in [-0.2, 0) is 0 Å². The number of anilines is 6. The van der Waals surface area contributed by atoms with Crippen molar-refractivity contribution in [2.45, 2.75) is 0 Å². The average molecular weight is 667 g/mol. The standard InChI is InChI=1S/C48H34N4/c1-4-16-36(17-5-1)47-48(50-45-25-13-12-24-44(45)49-47)37-27-29-41(30-28-37)52(46-26-14-18-35-15-10-11-23-43(35)46)42-33-31-40(32-34-42)51(38-19-6-2-7-20-38)39-21-8-3-9-22-39/h1-34H. The maximum absolute atomic E-state index is 5.15. The molecule has 0 aliphatic rings. The molecule has 0 radical (unpaired) electrons. The third-order valence-corrected chi connectivity index (χ3v) is 9.42. The van der Waals surface area contributed by atoms with Crippen LogP contribution in [0.5, 0.6) is 0 Å². The van der Waals surface area contributed by atoms with Gasteiger partial charge in [0.15, 0.2) is 0 Å². The summed E-state index contributed by atoms with van der Waals surface area (Å²) < 4.78 is 0. The molecule has 0 unspecified atom stereocenters. The molecule has 0 spiro atoms. The minimum absolute atomic E-state index is 0.861. The van der Waals surface area contributed by atoms with Gasteiger partial charge in [-0.15, -0.1) is 0 Å². The van der Waals surface area contributed by atoms with E-state index >= 15 is 0 Å². The molecular formula is C48H34N4. The summed E-state index contributed by atoms with van der Waals surface area (Å²) in [7, 11) is 0. The second-order valence-electron chi connectivity index (χ2n) is 12.7. The summed E-state index contributed by atoms with van der Waals surface area (Å²) in [5.74, 6) is 0. The monoisotopic (exact) mass is 666 g/mol. The van der Waals surface area contributed by atoms with Gasteiger partial charge in [-0.05, 0) is 84.2 Å². The lowest BCUT2D eigenvalue weighted by Crippen LogP contribution is -2.12. The predicted octanol–water partition coefficient (Wildman–Crippen LogP) is 13.1. The Morgan fingerprint density at radius 1 is 0.288 bits per heavy atom. The van der Waals surface area contributed by atoms with Crippen LogP contribution >= 0.6 is 0 Å². The van der Waals surface area contributed by atoms with E-state index in [0.717, 1.165) is 67.7 Å². The van der Waals surface area contributed by atoms with Crippen LogP contribution in [-0.4, -0.2) is 9.97 Å². The molecule has 0 N–H and O–H groups in total. The Labute approximate surface area is 303 Å². The highest BCUT2D eigenvalue weighted by molar-refractivity contribution is 5.99. The Balaban J connectivity index is 1.16. The Hall–Kier alpha value is -7.04. The van der Waals surface area contributed by atoms with E-state index in [1.807, 2.05) is 42.5 Å². The van der Waals surface area contributed by atoms with Crippen LogP contribution in [0.4, 0.5) is 34.1 Å². The molecule has 0 bridgehead atoms. The molecule has 0 amide bonds. The average Bonchev–Trinajstić information content (AvgIpc) is 3.23. The Bertz CT molecular complexity index is 2560. The molecule has 0 aliphatic carbocycles. The second-order valence-corrected chi connectivity index (χ2v) is 12.7. The lowest BCUT2D eigenvalue weighted by molar-refractivity contribution is 1.26. The Kier molecular flexibility index (Phi) is 8.16. The molecule has 8 aromatic carbocycles. The van der Waals surface area contributed by atoms with E-state index in [-0.39, 0.29) is 0 Å². The van der Waals surface area contributed by atoms with Crippen LogP contribution in [0.3, 0.4) is 0 Å². The van der Waals surface area contributed by atoms with Gasteiger partial charge in [-0.1, -0.05) is 127 Å². The number of nitrogens with zero attached hydrogens (tertiary/aromatic N) is 4. The van der Waals surface area contributed by atoms with Crippen LogP contribution in [0.1, 0.15) is 0 Å². The summed E-state index contributed by atoms with van der Waals surface area (Å²) >= 11 is 0. The van der Waals surface area contributed by atoms with Crippen molar-refractivity contribution in [3.63, 3.8) is 0 Å². The molecule has 1 heterocycles. The molecule has 4 nitrogen and oxygen atoms in total. The van der Waals surface area contributed by atoms with Crippen LogP contribution in [0.2, 0.25) is 0 Å². The van der Waals surface area contributed by atoms with E-state index in [1.165, 1.54) is 10.8 Å². The van der Waals surface area contributed by atoms with Gasteiger partial charge < -0.3 is 9.80 Å². The molecule has 246 valence electrons. The van der Waals surface area contributed by atoms with Crippen molar-refractivity contribution < 1.29 is 0 Å². The number of fused-ring (bicyclic) bond motifs is 2. The van der Waals surface area contributed by atoms with Gasteiger partial charge in [0, 0.05) is 45.0 Å². The van der Waals surface area contributed by atoms with Crippen molar-refractivity contribution in [2.75, 3.05) is 9.80 Å². The minimum atomic E-state index is 0.861. The fourth-order valence-corrected chi connectivity index (χ4v) is 6.95. The first kappa shape index (κ1) is 31.0. The maximum Gasteiger partial charge on any atom is 0.0973 e. The molecule has 9 aromatic rings. The highest BCUT2D eigenvalue weighted by Gasteiger charge is 2.19. The lowest BCUT2D eigenvalue weighted by Gasteiger charge is -2.29. The molecule has 9 rings (SSSR count). The van der Waals surface area contributed by atoms with Gasteiger partial charge in [-0.3, -0.25) is 0 Å². The summed E-state index contributed by atoms with van der Waals surface area (Å²) in [5.41, 5.74) is 12.0. The molecule has 0 atom stereocenters. The number of aromatic nitrogens is 2. The maximum atomic E-state index is 5.15. The minimum Gasteiger partial charge on any atom is -0.311 e. The van der Waals surface area contributed by atoms with E-state index in [1.54, 1.807) is 0 Å². The predicted molar refractivity (Wildman–Crippen MR) is 217 cm³/mol. The number of para-hydroxylation sites is 4. The van der Waals surface area contributed by atoms with Crippen molar-refractivity contribution >= 4 is 55.9 Å². The van der Waals surface area contributed by atoms with Gasteiger partial charge in [0.1, 0.15) is 0 Å². The van der Waals surface area contributed by atoms with Gasteiger partial charge in [0.05, 0.1) is 28.1 Å². The number of rotatable bonds is 8. The highest BCUT2D eigenvalue weighted by Crippen LogP contribution is 2.42. The van der Waals surface area contributed by atoms with E-state index < -0.39 is 0 Å². The zero-order valence-electron chi connectivity index (χ0n) is 28.4. The molecule has 0 aliphatic heterocycles. The molecule has 0 saturated carbocycles. The third kappa shape index (κ3) is 5.93. The zero-order chi connectivity index (χ0) is 34.7. The highest BCUT2D eigenvalue weighted by atomic mass is 15.2. The molecule has 52 heavy (non-hydrogen) atoms. The van der Waals surface area contributed by atoms with Gasteiger partial charge in [-0.25, -0.2) is 9.97 Å². The SMILES string of the molecule is c1ccc(-c2nc3ccccc3nc2-c2ccc(N(c3ccc(N(c4ccccc4)c4ccccc4)cc3)c3cccc4ccccc34)cc2)cc1. The summed E-state index contributed by atoms with van der Waals surface area (Å²) in [6.07, 6.45) is 0. The van der Waals surface area contributed by atoms with E-state index in [2.05, 4.69) is 174 Å². The molecule has 0 fully saturated rings. The second kappa shape index (κ2) is 13.7. The van der Waals surface area contributed by atoms with E-state index in [9.17, 15) is 0 Å². The van der Waals surface area contributed by atoms with Crippen LogP contribution in [0.25, 0.3) is 44.3 Å². The van der Waals surface area contributed by atoms with Crippen LogP contribution < -0.4 is 9.80 Å². The van der Waals surface area contributed by atoms with Crippen molar-refractivity contribution in [3.05, 3.63) is 206 Å². The zero-order valence-corrected chi connectivity index (χ0v) is 28.4. The third-order valence-electron chi connectivity index (χ3n) is 9.42. The largest absolute Gasteiger partial charge is 0.311 e. The summed E-state index contributed by atoms with van der Waals surface area (Å²) in [6, 6.07) is 72.0. The van der Waals surface area contributed by atoms with Crippen molar-refractivity contribution in [1.82, 2.24) is 9.97 Å². The van der Waals surface area contributed by atoms with Crippen molar-refractivity contribution in [1.29, 1.82) is 0 Å². The normalized spacial score (nSPS) is 11.1. The summed E-state index contributed by atoms with van der Waals surface area (Å²) in [4.78, 5) is 14.9. The number of hydrogen-bond acceptors (Lipinski definition) is 4. The first-order chi connectivity index (χ1) is 25.8. The fraction of sp³-hybridized carbons (Fsp3) is 0. The summed E-state index contributed by atoms with van der Waals surface area (Å²) in [5, 5.41) is 2.37. The summed E-state index contributed by atoms with van der Waals surface area (Å²) in [6.45, 7) is 0. The van der Waals surface area contributed by atoms with Crippen LogP contribution in [0, 0.1) is 0 Å². The number of hydrogen-bond donors (Lipinski definition) is 0. The Morgan fingerprint density at radius 2 is 0.692 bits per heavy atom. The van der Waals surface area contributed by atoms with Gasteiger partial charge in [-0.2, -0.15) is 0 Å². The molecule has 1 aromatic heterocycles. The lowest BCUT2D eigenvalue weighted by atomic mass is 10.0. The molecule has 4 heteroatoms. The Morgan fingerprint density at radius 3 is 1.27 bits per heavy atom. The van der Waals surface area contributed by atoms with Crippen molar-refractivity contribution in [3.8, 4) is 22.5 Å². The first-order valence-electron chi connectivity index (χ1n) is 17.5. The van der Waals surface area contributed by atoms with Gasteiger partial charge >= 0.3 is 0 Å². The smallest absolute Gasteiger partial charge is 0.0973 e. The first-order valence-corrected chi connectivity index (χ1v) is 17.5. The van der Waals surface area contributed by atoms with Gasteiger partial charge in [0.2, 0.25) is 0 Å². The number of benzene rings is 8. The topological polar surface area (TPSA) is 32.3 Å². The van der Waals surface area contributed by atoms with E-state index in [4.69, 9.17) is 9.97 Å². The van der Waals surface area contributed by atoms with Crippen LogP contribution in [0.15, 0.2) is 206 Å². The van der Waals surface area contributed by atoms with Crippen molar-refractivity contribution in [2.24, 2.45) is 0 Å². The molecular weight excluding hydrogens is 633 g/mol. The quantitative estimate of drug-likeness (QED) is 0.162. The molecule has 0 saturated heterocycles. The fourth-order valence-electron chi connectivity index (χ4n) is 6.95. The van der Waals surface area contributed by atoms with E-state index in [0.29, 0.717) is 0 Å². The van der Waals surface area contributed by atoms with Gasteiger partial charge in [0.25, 0.3) is 0 Å².